The molecule has 2 aromatic rings. The van der Waals surface area contributed by atoms with E-state index in [1.54, 1.807) is 6.20 Å². The fourth-order valence-corrected chi connectivity index (χ4v) is 2.23. The van der Waals surface area contributed by atoms with Crippen LogP contribution in [0.5, 0.6) is 5.75 Å². The number of nitrogens with zero attached hydrogens (tertiary/aromatic N) is 1. The molecule has 4 heteroatoms. The maximum Gasteiger partial charge on any atom is 0.127 e. The Morgan fingerprint density at radius 3 is 2.89 bits per heavy atom. The quantitative estimate of drug-likeness (QED) is 0.773. The molecule has 2 nitrogen and oxygen atoms in total. The molecule has 0 fully saturated rings. The van der Waals surface area contributed by atoms with Crippen molar-refractivity contribution in [2.45, 2.75) is 19.4 Å². The summed E-state index contributed by atoms with van der Waals surface area (Å²) in [7, 11) is 0. The van der Waals surface area contributed by atoms with Gasteiger partial charge in [0.05, 0.1) is 5.88 Å². The summed E-state index contributed by atoms with van der Waals surface area (Å²) in [5, 5.41) is 0. The molecule has 0 unspecified atom stereocenters. The summed E-state index contributed by atoms with van der Waals surface area (Å²) in [4.78, 5) is 4.21. The van der Waals surface area contributed by atoms with Gasteiger partial charge in [-0.15, -0.1) is 11.6 Å². The van der Waals surface area contributed by atoms with Crippen LogP contribution < -0.4 is 4.74 Å². The van der Waals surface area contributed by atoms with Crippen LogP contribution in [0.3, 0.4) is 0 Å². The Kier molecular flexibility index (Phi) is 4.61. The number of hydrogen-bond acceptors (Lipinski definition) is 2. The summed E-state index contributed by atoms with van der Waals surface area (Å²) in [6.07, 6.45) is 1.76. The smallest absolute Gasteiger partial charge is 0.127 e. The molecule has 0 N–H and O–H groups in total. The Balaban J connectivity index is 2.12. The van der Waals surface area contributed by atoms with Gasteiger partial charge in [-0.2, -0.15) is 0 Å². The Morgan fingerprint density at radius 1 is 1.33 bits per heavy atom. The zero-order valence-corrected chi connectivity index (χ0v) is 12.3. The van der Waals surface area contributed by atoms with Crippen molar-refractivity contribution in [2.75, 3.05) is 0 Å². The van der Waals surface area contributed by atoms with Crippen LogP contribution in [-0.4, -0.2) is 4.98 Å². The number of benzene rings is 1. The van der Waals surface area contributed by atoms with E-state index in [0.29, 0.717) is 12.5 Å². The van der Waals surface area contributed by atoms with E-state index in [-0.39, 0.29) is 0 Å². The lowest BCUT2D eigenvalue weighted by atomic mass is 10.2. The second kappa shape index (κ2) is 6.21. The largest absolute Gasteiger partial charge is 0.488 e. The predicted octanol–water partition coefficient (Wildman–Crippen LogP) is 4.47. The lowest BCUT2D eigenvalue weighted by Gasteiger charge is -2.10. The Hall–Kier alpha value is -1.06. The van der Waals surface area contributed by atoms with Crippen molar-refractivity contribution in [3.63, 3.8) is 0 Å². The van der Waals surface area contributed by atoms with Crippen molar-refractivity contribution in [3.05, 3.63) is 57.8 Å². The van der Waals surface area contributed by atoms with Crippen molar-refractivity contribution < 1.29 is 4.74 Å². The highest BCUT2D eigenvalue weighted by Crippen LogP contribution is 2.22. The number of alkyl halides is 1. The number of aromatic nitrogens is 1. The molecule has 1 aromatic carbocycles. The summed E-state index contributed by atoms with van der Waals surface area (Å²) in [5.74, 6) is 1.21. The van der Waals surface area contributed by atoms with Gasteiger partial charge in [0, 0.05) is 28.0 Å². The van der Waals surface area contributed by atoms with Crippen LogP contribution in [0.15, 0.2) is 41.0 Å². The minimum atomic E-state index is 0.404. The first-order valence-corrected chi connectivity index (χ1v) is 6.90. The highest BCUT2D eigenvalue weighted by Gasteiger charge is 2.04. The second-order valence-corrected chi connectivity index (χ2v) is 5.17. The minimum absolute atomic E-state index is 0.404. The first-order chi connectivity index (χ1) is 8.69. The fraction of sp³-hybridized carbons (Fsp3) is 0.214. The molecule has 0 atom stereocenters. The number of ether oxygens (including phenoxy) is 1. The van der Waals surface area contributed by atoms with E-state index < -0.39 is 0 Å². The SMILES string of the molecule is Cc1cc(OCc2cccc(Br)c2)c(CCl)cn1. The van der Waals surface area contributed by atoms with E-state index in [1.165, 1.54) is 0 Å². The molecule has 0 radical (unpaired) electrons. The van der Waals surface area contributed by atoms with E-state index in [1.807, 2.05) is 37.3 Å². The predicted molar refractivity (Wildman–Crippen MR) is 77.0 cm³/mol. The Morgan fingerprint density at radius 2 is 2.17 bits per heavy atom. The molecule has 0 spiro atoms. The maximum absolute atomic E-state index is 5.86. The van der Waals surface area contributed by atoms with E-state index in [0.717, 1.165) is 27.0 Å². The minimum Gasteiger partial charge on any atom is -0.488 e. The van der Waals surface area contributed by atoms with Crippen molar-refractivity contribution in [2.24, 2.45) is 0 Å². The molecule has 0 amide bonds. The highest BCUT2D eigenvalue weighted by atomic mass is 79.9. The van der Waals surface area contributed by atoms with Crippen LogP contribution >= 0.6 is 27.5 Å². The maximum atomic E-state index is 5.86. The van der Waals surface area contributed by atoms with Crippen LogP contribution in [0, 0.1) is 6.92 Å². The zero-order chi connectivity index (χ0) is 13.0. The monoisotopic (exact) mass is 325 g/mol. The first kappa shape index (κ1) is 13.4. The summed E-state index contributed by atoms with van der Waals surface area (Å²) in [6.45, 7) is 2.46. The third-order valence-electron chi connectivity index (χ3n) is 2.51. The molecule has 0 aliphatic heterocycles. The molecule has 0 saturated carbocycles. The summed E-state index contributed by atoms with van der Waals surface area (Å²) < 4.78 is 6.85. The van der Waals surface area contributed by atoms with Gasteiger partial charge in [0.15, 0.2) is 0 Å². The molecule has 0 bridgehead atoms. The van der Waals surface area contributed by atoms with Gasteiger partial charge in [0.25, 0.3) is 0 Å². The number of hydrogen-bond donors (Lipinski definition) is 0. The molecule has 18 heavy (non-hydrogen) atoms. The first-order valence-electron chi connectivity index (χ1n) is 5.58. The van der Waals surface area contributed by atoms with Gasteiger partial charge in [0.1, 0.15) is 12.4 Å². The van der Waals surface area contributed by atoms with Gasteiger partial charge in [-0.05, 0) is 24.6 Å². The summed E-state index contributed by atoms with van der Waals surface area (Å²) >= 11 is 9.31. The van der Waals surface area contributed by atoms with Gasteiger partial charge in [-0.1, -0.05) is 28.1 Å². The molecule has 0 aliphatic rings. The van der Waals surface area contributed by atoms with Gasteiger partial charge >= 0.3 is 0 Å². The van der Waals surface area contributed by atoms with Crippen LogP contribution in [0.2, 0.25) is 0 Å². The summed E-state index contributed by atoms with van der Waals surface area (Å²) in [6, 6.07) is 9.95. The van der Waals surface area contributed by atoms with E-state index in [2.05, 4.69) is 20.9 Å². The van der Waals surface area contributed by atoms with Crippen molar-refractivity contribution in [3.8, 4) is 5.75 Å². The molecular formula is C14H13BrClNO. The normalized spacial score (nSPS) is 10.4. The molecule has 2 rings (SSSR count). The van der Waals surface area contributed by atoms with Crippen LogP contribution in [-0.2, 0) is 12.5 Å². The summed E-state index contributed by atoms with van der Waals surface area (Å²) in [5.41, 5.74) is 2.95. The molecular weight excluding hydrogens is 314 g/mol. The van der Waals surface area contributed by atoms with Crippen LogP contribution in [0.1, 0.15) is 16.8 Å². The number of rotatable bonds is 4. The van der Waals surface area contributed by atoms with Gasteiger partial charge in [0.2, 0.25) is 0 Å². The van der Waals surface area contributed by atoms with E-state index in [4.69, 9.17) is 16.3 Å². The fourth-order valence-electron chi connectivity index (χ4n) is 1.59. The van der Waals surface area contributed by atoms with Gasteiger partial charge < -0.3 is 4.74 Å². The standard InChI is InChI=1S/C14H13BrClNO/c1-10-5-14(12(7-16)8-17-10)18-9-11-3-2-4-13(15)6-11/h2-6,8H,7,9H2,1H3. The van der Waals surface area contributed by atoms with Crippen LogP contribution in [0.25, 0.3) is 0 Å². The lowest BCUT2D eigenvalue weighted by Crippen LogP contribution is -1.99. The average Bonchev–Trinajstić information content (AvgIpc) is 2.37. The Bertz CT molecular complexity index is 545. The van der Waals surface area contributed by atoms with E-state index >= 15 is 0 Å². The third-order valence-corrected chi connectivity index (χ3v) is 3.29. The van der Waals surface area contributed by atoms with Crippen molar-refractivity contribution >= 4 is 27.5 Å². The number of halogens is 2. The van der Waals surface area contributed by atoms with E-state index in [9.17, 15) is 0 Å². The second-order valence-electron chi connectivity index (χ2n) is 3.99. The highest BCUT2D eigenvalue weighted by molar-refractivity contribution is 9.10. The van der Waals surface area contributed by atoms with Gasteiger partial charge in [-0.25, -0.2) is 0 Å². The Labute approximate surface area is 120 Å². The lowest BCUT2D eigenvalue weighted by molar-refractivity contribution is 0.303. The van der Waals surface area contributed by atoms with Crippen molar-refractivity contribution in [1.82, 2.24) is 4.98 Å². The molecule has 1 heterocycles. The molecule has 0 aliphatic carbocycles. The molecule has 94 valence electrons. The molecule has 1 aromatic heterocycles. The topological polar surface area (TPSA) is 22.1 Å². The third kappa shape index (κ3) is 3.47. The number of aryl methyl sites for hydroxylation is 1. The van der Waals surface area contributed by atoms with Crippen LogP contribution in [0.4, 0.5) is 0 Å². The zero-order valence-electron chi connectivity index (χ0n) is 9.99. The van der Waals surface area contributed by atoms with Crippen molar-refractivity contribution in [1.29, 1.82) is 0 Å². The average molecular weight is 327 g/mol. The molecule has 0 saturated heterocycles. The number of pyridine rings is 1. The van der Waals surface area contributed by atoms with Gasteiger partial charge in [-0.3, -0.25) is 4.98 Å².